The van der Waals surface area contributed by atoms with Crippen LogP contribution >= 0.6 is 0 Å². The molecule has 0 aliphatic carbocycles. The molecule has 2 saturated heterocycles. The number of hydrogen-bond acceptors (Lipinski definition) is 5. The highest BCUT2D eigenvalue weighted by atomic mass is 16.2. The van der Waals surface area contributed by atoms with E-state index in [9.17, 15) is 9.59 Å². The summed E-state index contributed by atoms with van der Waals surface area (Å²) in [5.41, 5.74) is 1.84. The van der Waals surface area contributed by atoms with Gasteiger partial charge in [0.1, 0.15) is 11.4 Å². The zero-order valence-corrected chi connectivity index (χ0v) is 16.4. The number of carbonyl (C=O) groups is 2. The Kier molecular flexibility index (Phi) is 4.38. The monoisotopic (exact) mass is 391 g/mol. The molecule has 2 fully saturated rings. The molecule has 1 aromatic carbocycles. The minimum atomic E-state index is -0.612. The maximum Gasteiger partial charge on any atom is 0.257 e. The third kappa shape index (κ3) is 3.10. The van der Waals surface area contributed by atoms with Gasteiger partial charge in [-0.3, -0.25) is 9.59 Å². The molecule has 3 aliphatic heterocycles. The lowest BCUT2D eigenvalue weighted by Gasteiger charge is -2.44. The van der Waals surface area contributed by atoms with E-state index in [0.29, 0.717) is 31.5 Å². The summed E-state index contributed by atoms with van der Waals surface area (Å²) in [6.07, 6.45) is 5.18. The van der Waals surface area contributed by atoms with Crippen molar-refractivity contribution in [3.05, 3.63) is 48.2 Å². The lowest BCUT2D eigenvalue weighted by atomic mass is 9.84. The fourth-order valence-corrected chi connectivity index (χ4v) is 4.62. The van der Waals surface area contributed by atoms with Crippen LogP contribution in [-0.2, 0) is 4.79 Å². The number of rotatable bonds is 2. The van der Waals surface area contributed by atoms with Crippen molar-refractivity contribution in [3.8, 4) is 0 Å². The number of pyridine rings is 1. The maximum atomic E-state index is 13.0. The number of carbonyl (C=O) groups excluding carboxylic acids is 2. The lowest BCUT2D eigenvalue weighted by Crippen LogP contribution is -2.58. The molecule has 1 aromatic heterocycles. The zero-order chi connectivity index (χ0) is 19.8. The molecule has 3 aliphatic rings. The van der Waals surface area contributed by atoms with Gasteiger partial charge in [-0.1, -0.05) is 12.1 Å². The van der Waals surface area contributed by atoms with E-state index in [1.165, 1.54) is 0 Å². The number of benzene rings is 1. The first-order valence-corrected chi connectivity index (χ1v) is 10.3. The number of anilines is 3. The molecule has 7 nitrogen and oxygen atoms in total. The Hall–Kier alpha value is -3.09. The molecule has 7 heteroatoms. The predicted octanol–water partition coefficient (Wildman–Crippen LogP) is 2.72. The molecule has 5 rings (SSSR count). The van der Waals surface area contributed by atoms with Crippen molar-refractivity contribution in [1.29, 1.82) is 0 Å². The Morgan fingerprint density at radius 2 is 1.69 bits per heavy atom. The van der Waals surface area contributed by atoms with Crippen molar-refractivity contribution in [2.75, 3.05) is 41.7 Å². The number of likely N-dealkylation sites (tertiary alicyclic amines) is 1. The van der Waals surface area contributed by atoms with Crippen molar-refractivity contribution in [1.82, 2.24) is 9.88 Å². The molecule has 0 radical (unpaired) electrons. The van der Waals surface area contributed by atoms with E-state index in [1.54, 1.807) is 6.20 Å². The topological polar surface area (TPSA) is 77.6 Å². The number of fused-ring (bicyclic) bond motifs is 1. The number of hydrogen-bond donors (Lipinski definition) is 2. The molecule has 4 heterocycles. The standard InChI is InChI=1S/C22H25N5O2/c28-20(27-12-3-4-13-27)16-6-5-11-23-19(16)26-14-9-22(10-15-26)21(29)24-17-7-1-2-8-18(17)25-22/h1-2,5-8,11,25H,3-4,9-10,12-15H2,(H,24,29). The second kappa shape index (κ2) is 7.06. The van der Waals surface area contributed by atoms with Crippen molar-refractivity contribution < 1.29 is 9.59 Å². The second-order valence-corrected chi connectivity index (χ2v) is 8.07. The Morgan fingerprint density at radius 3 is 2.45 bits per heavy atom. The van der Waals surface area contributed by atoms with Gasteiger partial charge in [-0.15, -0.1) is 0 Å². The van der Waals surface area contributed by atoms with Gasteiger partial charge in [-0.05, 0) is 49.9 Å². The predicted molar refractivity (Wildman–Crippen MR) is 112 cm³/mol. The van der Waals surface area contributed by atoms with E-state index in [1.807, 2.05) is 41.3 Å². The summed E-state index contributed by atoms with van der Waals surface area (Å²) in [5.74, 6) is 0.814. The molecule has 2 N–H and O–H groups in total. The summed E-state index contributed by atoms with van der Waals surface area (Å²) in [4.78, 5) is 34.4. The number of piperidine rings is 1. The van der Waals surface area contributed by atoms with Crippen LogP contribution in [0.3, 0.4) is 0 Å². The molecule has 2 amide bonds. The van der Waals surface area contributed by atoms with Gasteiger partial charge in [-0.25, -0.2) is 4.98 Å². The number of nitrogens with zero attached hydrogens (tertiary/aromatic N) is 3. The van der Waals surface area contributed by atoms with Gasteiger partial charge in [0.2, 0.25) is 5.91 Å². The minimum Gasteiger partial charge on any atom is -0.369 e. The van der Waals surface area contributed by atoms with Crippen LogP contribution in [0.1, 0.15) is 36.0 Å². The van der Waals surface area contributed by atoms with Gasteiger partial charge in [0, 0.05) is 32.4 Å². The Morgan fingerprint density at radius 1 is 0.966 bits per heavy atom. The van der Waals surface area contributed by atoms with Gasteiger partial charge < -0.3 is 20.4 Å². The van der Waals surface area contributed by atoms with Crippen LogP contribution in [-0.4, -0.2) is 53.4 Å². The summed E-state index contributed by atoms with van der Waals surface area (Å²) in [6, 6.07) is 11.5. The zero-order valence-electron chi connectivity index (χ0n) is 16.4. The molecule has 0 bridgehead atoms. The quantitative estimate of drug-likeness (QED) is 0.823. The van der Waals surface area contributed by atoms with Crippen LogP contribution < -0.4 is 15.5 Å². The van der Waals surface area contributed by atoms with Crippen molar-refractivity contribution in [2.45, 2.75) is 31.2 Å². The normalized spacial score (nSPS) is 20.2. The molecular formula is C22H25N5O2. The summed E-state index contributed by atoms with van der Waals surface area (Å²) in [5, 5.41) is 6.53. The van der Waals surface area contributed by atoms with E-state index in [2.05, 4.69) is 20.5 Å². The van der Waals surface area contributed by atoms with Crippen molar-refractivity contribution in [2.24, 2.45) is 0 Å². The Labute approximate surface area is 170 Å². The molecule has 0 unspecified atom stereocenters. The number of aromatic nitrogens is 1. The maximum absolute atomic E-state index is 13.0. The number of para-hydroxylation sites is 2. The summed E-state index contributed by atoms with van der Waals surface area (Å²) < 4.78 is 0. The number of amides is 2. The van der Waals surface area contributed by atoms with Gasteiger partial charge in [0.05, 0.1) is 16.9 Å². The first kappa shape index (κ1) is 18.0. The van der Waals surface area contributed by atoms with E-state index >= 15 is 0 Å². The molecule has 0 atom stereocenters. The van der Waals surface area contributed by atoms with Gasteiger partial charge in [-0.2, -0.15) is 0 Å². The third-order valence-corrected chi connectivity index (χ3v) is 6.31. The first-order chi connectivity index (χ1) is 14.2. The third-order valence-electron chi connectivity index (χ3n) is 6.31. The van der Waals surface area contributed by atoms with Crippen LogP contribution in [0.4, 0.5) is 17.2 Å². The van der Waals surface area contributed by atoms with Crippen LogP contribution in [0, 0.1) is 0 Å². The summed E-state index contributed by atoms with van der Waals surface area (Å²) in [6.45, 7) is 2.97. The highest BCUT2D eigenvalue weighted by molar-refractivity contribution is 6.06. The smallest absolute Gasteiger partial charge is 0.257 e. The summed E-state index contributed by atoms with van der Waals surface area (Å²) >= 11 is 0. The fraction of sp³-hybridized carbons (Fsp3) is 0.409. The SMILES string of the molecule is O=C(c1cccnc1N1CCC2(CC1)Nc1ccccc1NC2=O)N1CCCC1. The molecule has 1 spiro atoms. The van der Waals surface area contributed by atoms with Gasteiger partial charge in [0.25, 0.3) is 5.91 Å². The van der Waals surface area contributed by atoms with E-state index < -0.39 is 5.54 Å². The lowest BCUT2D eigenvalue weighted by molar-refractivity contribution is -0.121. The van der Waals surface area contributed by atoms with Crippen molar-refractivity contribution in [3.63, 3.8) is 0 Å². The highest BCUT2D eigenvalue weighted by Gasteiger charge is 2.44. The fourth-order valence-electron chi connectivity index (χ4n) is 4.62. The molecule has 150 valence electrons. The second-order valence-electron chi connectivity index (χ2n) is 8.07. The average Bonchev–Trinajstić information content (AvgIpc) is 3.30. The van der Waals surface area contributed by atoms with Crippen LogP contribution in [0.5, 0.6) is 0 Å². The Balaban J connectivity index is 1.35. The van der Waals surface area contributed by atoms with E-state index in [0.717, 1.165) is 43.1 Å². The van der Waals surface area contributed by atoms with Crippen molar-refractivity contribution >= 4 is 29.0 Å². The van der Waals surface area contributed by atoms with Gasteiger partial charge in [0.15, 0.2) is 0 Å². The van der Waals surface area contributed by atoms with Crippen LogP contribution in [0.25, 0.3) is 0 Å². The number of nitrogens with one attached hydrogen (secondary N) is 2. The van der Waals surface area contributed by atoms with Gasteiger partial charge >= 0.3 is 0 Å². The van der Waals surface area contributed by atoms with Crippen LogP contribution in [0.15, 0.2) is 42.6 Å². The van der Waals surface area contributed by atoms with Crippen LogP contribution in [0.2, 0.25) is 0 Å². The highest BCUT2D eigenvalue weighted by Crippen LogP contribution is 2.37. The largest absolute Gasteiger partial charge is 0.369 e. The van der Waals surface area contributed by atoms with E-state index in [-0.39, 0.29) is 11.8 Å². The Bertz CT molecular complexity index is 946. The molecular weight excluding hydrogens is 366 g/mol. The summed E-state index contributed by atoms with van der Waals surface area (Å²) in [7, 11) is 0. The molecule has 2 aromatic rings. The average molecular weight is 391 g/mol. The molecule has 0 saturated carbocycles. The molecule has 29 heavy (non-hydrogen) atoms. The first-order valence-electron chi connectivity index (χ1n) is 10.3. The van der Waals surface area contributed by atoms with E-state index in [4.69, 9.17) is 0 Å². The minimum absolute atomic E-state index is 0.0187.